The maximum atomic E-state index is 12.9. The zero-order chi connectivity index (χ0) is 17.4. The average molecular weight is 403 g/mol. The van der Waals surface area contributed by atoms with Crippen LogP contribution >= 0.6 is 0 Å². The molecule has 26 heavy (non-hydrogen) atoms. The minimum absolute atomic E-state index is 0. The average Bonchev–Trinajstić information content (AvgIpc) is 2.58. The van der Waals surface area contributed by atoms with Gasteiger partial charge in [0.15, 0.2) is 11.5 Å². The second-order valence-electron chi connectivity index (χ2n) is 5.88. The molecule has 2 rings (SSSR count). The van der Waals surface area contributed by atoms with Gasteiger partial charge in [0.1, 0.15) is 12.4 Å². The van der Waals surface area contributed by atoms with Gasteiger partial charge in [-0.05, 0) is 49.5 Å². The quantitative estimate of drug-likeness (QED) is 0.455. The van der Waals surface area contributed by atoms with E-state index >= 15 is 0 Å². The number of ether oxygens (including phenoxy) is 2. The van der Waals surface area contributed by atoms with E-state index in [1.807, 2.05) is 18.2 Å². The largest absolute Gasteiger partial charge is 1.00 e. The molecule has 0 amide bonds. The highest BCUT2D eigenvalue weighted by Gasteiger charge is 2.06. The molecular weight excluding hydrogens is 378 g/mol. The third-order valence-electron chi connectivity index (χ3n) is 3.60. The molecule has 2 aromatic rings. The molecule has 0 fully saturated rings. The molecule has 0 spiro atoms. The molecule has 0 heterocycles. The van der Waals surface area contributed by atoms with Crippen LogP contribution in [-0.4, -0.2) is 39.2 Å². The fourth-order valence-corrected chi connectivity index (χ4v) is 2.22. The van der Waals surface area contributed by atoms with E-state index in [1.165, 1.54) is 12.1 Å². The zero-order valence-corrected chi connectivity index (χ0v) is 16.8. The van der Waals surface area contributed by atoms with E-state index in [1.54, 1.807) is 19.2 Å². The zero-order valence-electron chi connectivity index (χ0n) is 15.3. The van der Waals surface area contributed by atoms with Crippen molar-refractivity contribution >= 4 is 0 Å². The monoisotopic (exact) mass is 402 g/mol. The Morgan fingerprint density at radius 2 is 1.62 bits per heavy atom. The summed E-state index contributed by atoms with van der Waals surface area (Å²) in [6.45, 7) is 3.08. The predicted octanol–water partition coefficient (Wildman–Crippen LogP) is -2.93. The van der Waals surface area contributed by atoms with Crippen molar-refractivity contribution in [2.75, 3.05) is 34.3 Å². The lowest BCUT2D eigenvalue weighted by Crippen LogP contribution is -3.00. The molecular formula is C19H25Cl2FN2O2-2. The molecule has 0 aliphatic rings. The van der Waals surface area contributed by atoms with E-state index in [9.17, 15) is 4.39 Å². The van der Waals surface area contributed by atoms with E-state index in [-0.39, 0.29) is 30.6 Å². The van der Waals surface area contributed by atoms with Gasteiger partial charge in [-0.2, -0.15) is 0 Å². The number of benzene rings is 2. The van der Waals surface area contributed by atoms with Crippen LogP contribution in [-0.2, 0) is 13.2 Å². The summed E-state index contributed by atoms with van der Waals surface area (Å²) in [4.78, 5) is 2.14. The summed E-state index contributed by atoms with van der Waals surface area (Å²) in [5.74, 6) is 1.13. The van der Waals surface area contributed by atoms with Crippen molar-refractivity contribution in [3.63, 3.8) is 0 Å². The third kappa shape index (κ3) is 8.23. The maximum Gasteiger partial charge on any atom is 0.161 e. The van der Waals surface area contributed by atoms with Crippen molar-refractivity contribution in [3.05, 3.63) is 59.4 Å². The minimum Gasteiger partial charge on any atom is -1.00 e. The van der Waals surface area contributed by atoms with Gasteiger partial charge in [0.25, 0.3) is 0 Å². The van der Waals surface area contributed by atoms with Gasteiger partial charge in [-0.25, -0.2) is 4.39 Å². The number of likely N-dealkylation sites (N-methyl/N-ethyl adjacent to an activating group) is 1. The molecule has 0 saturated heterocycles. The standard InChI is InChI=1S/C19H25FN2O2.2ClH/c1-22(2)11-10-21-13-16-6-9-18(19(12-16)23-3)24-14-15-4-7-17(20)8-5-15;;/h4-9,12,21H,10-11,13-14H2,1-3H3;2*1H/p-2. The van der Waals surface area contributed by atoms with Crippen molar-refractivity contribution in [1.82, 2.24) is 10.2 Å². The van der Waals surface area contributed by atoms with Crippen molar-refractivity contribution < 1.29 is 38.7 Å². The Morgan fingerprint density at radius 1 is 0.962 bits per heavy atom. The van der Waals surface area contributed by atoms with E-state index < -0.39 is 0 Å². The molecule has 0 bridgehead atoms. The first-order valence-corrected chi connectivity index (χ1v) is 7.98. The van der Waals surface area contributed by atoms with E-state index in [0.717, 1.165) is 30.8 Å². The maximum absolute atomic E-state index is 12.9. The molecule has 0 saturated carbocycles. The number of halogens is 3. The number of nitrogens with zero attached hydrogens (tertiary/aromatic N) is 1. The highest BCUT2D eigenvalue weighted by Crippen LogP contribution is 2.28. The van der Waals surface area contributed by atoms with E-state index in [0.29, 0.717) is 18.1 Å². The van der Waals surface area contributed by atoms with E-state index in [4.69, 9.17) is 9.47 Å². The SMILES string of the molecule is COc1cc(CNCCN(C)C)ccc1OCc1ccc(F)cc1.[Cl-].[Cl-]. The highest BCUT2D eigenvalue weighted by molar-refractivity contribution is 5.43. The Kier molecular flexibility index (Phi) is 12.0. The molecule has 0 atom stereocenters. The lowest BCUT2D eigenvalue weighted by molar-refractivity contribution is -0.00100. The second kappa shape index (κ2) is 12.8. The molecule has 146 valence electrons. The van der Waals surface area contributed by atoms with Crippen molar-refractivity contribution in [1.29, 1.82) is 0 Å². The normalized spacial score (nSPS) is 10.0. The molecule has 0 aliphatic carbocycles. The molecule has 4 nitrogen and oxygen atoms in total. The van der Waals surface area contributed by atoms with Gasteiger partial charge in [-0.15, -0.1) is 0 Å². The van der Waals surface area contributed by atoms with Crippen LogP contribution in [0.5, 0.6) is 11.5 Å². The lowest BCUT2D eigenvalue weighted by Gasteiger charge is -2.13. The Balaban J connectivity index is 0.00000312. The number of rotatable bonds is 9. The first-order valence-electron chi connectivity index (χ1n) is 7.98. The molecule has 1 N–H and O–H groups in total. The van der Waals surface area contributed by atoms with E-state index in [2.05, 4.69) is 24.3 Å². The minimum atomic E-state index is -0.248. The van der Waals surface area contributed by atoms with Gasteiger partial charge in [0.2, 0.25) is 0 Å². The van der Waals surface area contributed by atoms with Gasteiger partial charge in [-0.3, -0.25) is 0 Å². The fourth-order valence-electron chi connectivity index (χ4n) is 2.22. The highest BCUT2D eigenvalue weighted by atomic mass is 35.5. The van der Waals surface area contributed by atoms with Crippen LogP contribution in [0.4, 0.5) is 4.39 Å². The van der Waals surface area contributed by atoms with Crippen LogP contribution in [0.15, 0.2) is 42.5 Å². The van der Waals surface area contributed by atoms with Crippen LogP contribution in [0.3, 0.4) is 0 Å². The number of hydrogen-bond acceptors (Lipinski definition) is 4. The topological polar surface area (TPSA) is 33.7 Å². The fraction of sp³-hybridized carbons (Fsp3) is 0.368. The molecule has 0 aromatic heterocycles. The van der Waals surface area contributed by atoms with Gasteiger partial charge in [0.05, 0.1) is 7.11 Å². The predicted molar refractivity (Wildman–Crippen MR) is 94.0 cm³/mol. The van der Waals surface area contributed by atoms with Gasteiger partial charge in [-0.1, -0.05) is 18.2 Å². The molecule has 0 unspecified atom stereocenters. The first-order chi connectivity index (χ1) is 11.6. The number of nitrogens with one attached hydrogen (secondary N) is 1. The van der Waals surface area contributed by atoms with Gasteiger partial charge < -0.3 is 44.5 Å². The Bertz CT molecular complexity index is 640. The Morgan fingerprint density at radius 3 is 2.23 bits per heavy atom. The molecule has 0 radical (unpaired) electrons. The second-order valence-corrected chi connectivity index (χ2v) is 5.88. The third-order valence-corrected chi connectivity index (χ3v) is 3.60. The van der Waals surface area contributed by atoms with Gasteiger partial charge >= 0.3 is 0 Å². The Labute approximate surface area is 167 Å². The summed E-state index contributed by atoms with van der Waals surface area (Å²) in [5.41, 5.74) is 2.05. The summed E-state index contributed by atoms with van der Waals surface area (Å²) < 4.78 is 24.1. The van der Waals surface area contributed by atoms with Crippen LogP contribution in [0.25, 0.3) is 0 Å². The summed E-state index contributed by atoms with van der Waals surface area (Å²) in [6, 6.07) is 12.2. The molecule has 7 heteroatoms. The van der Waals surface area contributed by atoms with Crippen LogP contribution < -0.4 is 39.6 Å². The lowest BCUT2D eigenvalue weighted by atomic mass is 10.2. The summed E-state index contributed by atoms with van der Waals surface area (Å²) in [6.07, 6.45) is 0. The van der Waals surface area contributed by atoms with Crippen molar-refractivity contribution in [2.24, 2.45) is 0 Å². The van der Waals surface area contributed by atoms with Crippen LogP contribution in [0.1, 0.15) is 11.1 Å². The van der Waals surface area contributed by atoms with Crippen LogP contribution in [0.2, 0.25) is 0 Å². The number of hydrogen-bond donors (Lipinski definition) is 1. The molecule has 2 aromatic carbocycles. The summed E-state index contributed by atoms with van der Waals surface area (Å²) >= 11 is 0. The van der Waals surface area contributed by atoms with Gasteiger partial charge in [0, 0.05) is 19.6 Å². The van der Waals surface area contributed by atoms with Crippen molar-refractivity contribution in [2.45, 2.75) is 13.2 Å². The smallest absolute Gasteiger partial charge is 0.161 e. The molecule has 0 aliphatic heterocycles. The summed E-state index contributed by atoms with van der Waals surface area (Å²) in [5, 5.41) is 3.39. The van der Waals surface area contributed by atoms with Crippen molar-refractivity contribution in [3.8, 4) is 11.5 Å². The summed E-state index contributed by atoms with van der Waals surface area (Å²) in [7, 11) is 5.74. The first kappa shape index (κ1) is 24.5. The van der Waals surface area contributed by atoms with Crippen LogP contribution in [0, 0.1) is 5.82 Å². The number of methoxy groups -OCH3 is 1. The Hall–Kier alpha value is -1.53.